The van der Waals surface area contributed by atoms with E-state index in [1.54, 1.807) is 27.6 Å². The van der Waals surface area contributed by atoms with Gasteiger partial charge in [0, 0.05) is 19.6 Å². The maximum Gasteiger partial charge on any atom is 0.410 e. The van der Waals surface area contributed by atoms with E-state index in [1.807, 2.05) is 12.3 Å². The molecule has 0 unspecified atom stereocenters. The fourth-order valence-electron chi connectivity index (χ4n) is 2.54. The second kappa shape index (κ2) is 5.40. The van der Waals surface area contributed by atoms with Crippen LogP contribution in [0.4, 0.5) is 4.79 Å². The van der Waals surface area contributed by atoms with Crippen LogP contribution < -0.4 is 0 Å². The van der Waals surface area contributed by atoms with Crippen LogP contribution in [0.25, 0.3) is 0 Å². The number of hydrogen-bond donors (Lipinski definition) is 0. The molecule has 108 valence electrons. The number of carbonyl (C=O) groups is 2. The van der Waals surface area contributed by atoms with Gasteiger partial charge in [-0.1, -0.05) is 0 Å². The largest absolute Gasteiger partial charge is 0.455 e. The highest BCUT2D eigenvalue weighted by atomic mass is 32.2. The van der Waals surface area contributed by atoms with Crippen LogP contribution in [0.5, 0.6) is 0 Å². The van der Waals surface area contributed by atoms with E-state index < -0.39 is 0 Å². The summed E-state index contributed by atoms with van der Waals surface area (Å²) >= 11 is 1.65. The van der Waals surface area contributed by atoms with Crippen LogP contribution in [0.1, 0.15) is 16.3 Å². The zero-order valence-electron chi connectivity index (χ0n) is 11.2. The van der Waals surface area contributed by atoms with Crippen molar-refractivity contribution in [3.8, 4) is 0 Å². The number of carbonyl (C=O) groups excluding carboxylic acids is 2. The minimum absolute atomic E-state index is 0.0270. The van der Waals surface area contributed by atoms with Crippen molar-refractivity contribution < 1.29 is 18.7 Å². The number of fused-ring (bicyclic) bond motifs is 1. The summed E-state index contributed by atoms with van der Waals surface area (Å²) in [5, 5.41) is 0. The quantitative estimate of drug-likeness (QED) is 0.844. The van der Waals surface area contributed by atoms with E-state index in [-0.39, 0.29) is 18.0 Å². The number of cyclic esters (lactones) is 1. The average molecular weight is 296 g/mol. The second-order valence-corrected chi connectivity index (χ2v) is 5.74. The summed E-state index contributed by atoms with van der Waals surface area (Å²) in [6, 6.07) is 3.53. The summed E-state index contributed by atoms with van der Waals surface area (Å²) < 4.78 is 10.5. The van der Waals surface area contributed by atoms with Crippen molar-refractivity contribution in [3.63, 3.8) is 0 Å². The average Bonchev–Trinajstić information content (AvgIpc) is 3.06. The molecule has 2 saturated heterocycles. The normalized spacial score (nSPS) is 21.9. The minimum Gasteiger partial charge on any atom is -0.455 e. The van der Waals surface area contributed by atoms with Crippen LogP contribution in [0.15, 0.2) is 16.5 Å². The Morgan fingerprint density at radius 3 is 3.10 bits per heavy atom. The first-order chi connectivity index (χ1) is 9.69. The van der Waals surface area contributed by atoms with Crippen molar-refractivity contribution >= 4 is 23.8 Å². The van der Waals surface area contributed by atoms with Gasteiger partial charge in [0.1, 0.15) is 12.4 Å². The fourth-order valence-corrected chi connectivity index (χ4v) is 2.98. The zero-order chi connectivity index (χ0) is 14.1. The Labute approximate surface area is 121 Å². The van der Waals surface area contributed by atoms with Crippen LogP contribution in [-0.4, -0.2) is 60.3 Å². The molecule has 2 aliphatic rings. The van der Waals surface area contributed by atoms with Gasteiger partial charge < -0.3 is 14.1 Å². The van der Waals surface area contributed by atoms with Crippen molar-refractivity contribution in [2.75, 3.05) is 32.5 Å². The van der Waals surface area contributed by atoms with E-state index >= 15 is 0 Å². The molecule has 7 heteroatoms. The molecule has 0 spiro atoms. The lowest BCUT2D eigenvalue weighted by atomic mass is 10.2. The molecule has 0 aliphatic carbocycles. The topological polar surface area (TPSA) is 63.0 Å². The van der Waals surface area contributed by atoms with E-state index in [9.17, 15) is 9.59 Å². The van der Waals surface area contributed by atoms with Crippen molar-refractivity contribution in [2.24, 2.45) is 0 Å². The molecule has 20 heavy (non-hydrogen) atoms. The van der Waals surface area contributed by atoms with Gasteiger partial charge in [-0.15, -0.1) is 0 Å². The second-order valence-electron chi connectivity index (χ2n) is 4.87. The molecule has 0 aromatic carbocycles. The summed E-state index contributed by atoms with van der Waals surface area (Å²) in [5.74, 6) is 1.81. The summed E-state index contributed by atoms with van der Waals surface area (Å²) in [5.41, 5.74) is 0. The number of furan rings is 1. The third kappa shape index (κ3) is 2.37. The Bertz CT molecular complexity index is 530. The van der Waals surface area contributed by atoms with Crippen molar-refractivity contribution in [1.82, 2.24) is 9.80 Å². The van der Waals surface area contributed by atoms with Crippen molar-refractivity contribution in [2.45, 2.75) is 11.8 Å². The molecule has 6 nitrogen and oxygen atoms in total. The SMILES string of the molecule is CSCc1ccc(C(=O)N2CCN3C(=O)OC[C@@H]3C2)o1. The van der Waals surface area contributed by atoms with Gasteiger partial charge in [-0.05, 0) is 18.4 Å². The minimum atomic E-state index is -0.276. The number of nitrogens with zero attached hydrogens (tertiary/aromatic N) is 2. The van der Waals surface area contributed by atoms with E-state index in [4.69, 9.17) is 9.15 Å². The number of hydrogen-bond acceptors (Lipinski definition) is 5. The van der Waals surface area contributed by atoms with Crippen LogP contribution in [0.3, 0.4) is 0 Å². The molecule has 1 aromatic rings. The van der Waals surface area contributed by atoms with Crippen molar-refractivity contribution in [1.29, 1.82) is 0 Å². The Hall–Kier alpha value is -1.63. The van der Waals surface area contributed by atoms with E-state index in [0.29, 0.717) is 32.0 Å². The standard InChI is InChI=1S/C13H16N2O4S/c1-20-8-10-2-3-11(19-10)12(16)14-4-5-15-9(6-14)7-18-13(15)17/h2-3,9H,4-8H2,1H3/t9-/m0/s1. The van der Waals surface area contributed by atoms with Crippen LogP contribution >= 0.6 is 11.8 Å². The highest BCUT2D eigenvalue weighted by Gasteiger charge is 2.39. The van der Waals surface area contributed by atoms with Crippen LogP contribution in [0.2, 0.25) is 0 Å². The van der Waals surface area contributed by atoms with E-state index in [1.165, 1.54) is 0 Å². The number of amides is 2. The van der Waals surface area contributed by atoms with Gasteiger partial charge >= 0.3 is 6.09 Å². The maximum atomic E-state index is 12.4. The lowest BCUT2D eigenvalue weighted by molar-refractivity contribution is 0.0585. The Balaban J connectivity index is 1.67. The molecule has 2 amide bonds. The highest BCUT2D eigenvalue weighted by molar-refractivity contribution is 7.97. The van der Waals surface area contributed by atoms with E-state index in [2.05, 4.69) is 0 Å². The third-order valence-electron chi connectivity index (χ3n) is 3.56. The highest BCUT2D eigenvalue weighted by Crippen LogP contribution is 2.20. The number of ether oxygens (including phenoxy) is 1. The van der Waals surface area contributed by atoms with E-state index in [0.717, 1.165) is 11.5 Å². The van der Waals surface area contributed by atoms with Gasteiger partial charge in [-0.25, -0.2) is 4.79 Å². The molecule has 3 heterocycles. The molecule has 0 radical (unpaired) electrons. The summed E-state index contributed by atoms with van der Waals surface area (Å²) in [4.78, 5) is 27.2. The number of rotatable bonds is 3. The molecule has 2 aliphatic heterocycles. The Morgan fingerprint density at radius 2 is 2.30 bits per heavy atom. The Morgan fingerprint density at radius 1 is 1.45 bits per heavy atom. The Kier molecular flexibility index (Phi) is 3.60. The number of piperazine rings is 1. The summed E-state index contributed by atoms with van der Waals surface area (Å²) in [6.07, 6.45) is 1.71. The summed E-state index contributed by atoms with van der Waals surface area (Å²) in [6.45, 7) is 1.90. The predicted octanol–water partition coefficient (Wildman–Crippen LogP) is 1.42. The predicted molar refractivity (Wildman–Crippen MR) is 73.7 cm³/mol. The molecular formula is C13H16N2O4S. The van der Waals surface area contributed by atoms with Crippen LogP contribution in [-0.2, 0) is 10.5 Å². The zero-order valence-corrected chi connectivity index (χ0v) is 12.0. The maximum absolute atomic E-state index is 12.4. The third-order valence-corrected chi connectivity index (χ3v) is 4.14. The molecule has 1 aromatic heterocycles. The van der Waals surface area contributed by atoms with Gasteiger partial charge in [0.15, 0.2) is 5.76 Å². The van der Waals surface area contributed by atoms with Crippen molar-refractivity contribution in [3.05, 3.63) is 23.7 Å². The van der Waals surface area contributed by atoms with Gasteiger partial charge in [0.25, 0.3) is 5.91 Å². The van der Waals surface area contributed by atoms with Crippen LogP contribution in [0, 0.1) is 0 Å². The molecule has 3 rings (SSSR count). The lowest BCUT2D eigenvalue weighted by Gasteiger charge is -2.34. The van der Waals surface area contributed by atoms with Gasteiger partial charge in [-0.3, -0.25) is 9.69 Å². The number of thioether (sulfide) groups is 1. The van der Waals surface area contributed by atoms with Gasteiger partial charge in [-0.2, -0.15) is 11.8 Å². The molecule has 0 N–H and O–H groups in total. The monoisotopic (exact) mass is 296 g/mol. The smallest absolute Gasteiger partial charge is 0.410 e. The fraction of sp³-hybridized carbons (Fsp3) is 0.538. The molecular weight excluding hydrogens is 280 g/mol. The lowest BCUT2D eigenvalue weighted by Crippen LogP contribution is -2.53. The first-order valence-electron chi connectivity index (χ1n) is 6.49. The molecule has 0 saturated carbocycles. The first-order valence-corrected chi connectivity index (χ1v) is 7.88. The van der Waals surface area contributed by atoms with Gasteiger partial charge in [0.2, 0.25) is 0 Å². The first kappa shape index (κ1) is 13.4. The molecule has 1 atom stereocenters. The summed E-state index contributed by atoms with van der Waals surface area (Å²) in [7, 11) is 0. The van der Waals surface area contributed by atoms with Gasteiger partial charge in [0.05, 0.1) is 11.8 Å². The molecule has 0 bridgehead atoms. The molecule has 2 fully saturated rings.